The highest BCUT2D eigenvalue weighted by Crippen LogP contribution is 2.50. The molecule has 1 heterocycles. The molecule has 2 aliphatic rings. The predicted octanol–water partition coefficient (Wildman–Crippen LogP) is 6.60. The Morgan fingerprint density at radius 2 is 1.83 bits per heavy atom. The van der Waals surface area contributed by atoms with Gasteiger partial charge in [0.2, 0.25) is 5.43 Å². The molecule has 1 amide bonds. The number of carbonyl (C=O) groups is 1. The molecule has 0 spiro atoms. The molecule has 2 bridgehead atoms. The molecule has 0 unspecified atom stereocenters. The SMILES string of the molecule is C=CC(F)(C=C)c1cc(CC2C3CCC2CC3)ccc1NC(=O)c1c[nH]c2cccc(C)c2c1=O. The molecule has 35 heavy (non-hydrogen) atoms. The number of aromatic nitrogens is 1. The number of aromatic amines is 1. The van der Waals surface area contributed by atoms with Gasteiger partial charge in [-0.1, -0.05) is 31.4 Å². The number of anilines is 1. The Labute approximate surface area is 205 Å². The minimum Gasteiger partial charge on any atom is -0.360 e. The van der Waals surface area contributed by atoms with Crippen LogP contribution in [0.25, 0.3) is 10.9 Å². The Balaban J connectivity index is 1.50. The lowest BCUT2D eigenvalue weighted by molar-refractivity contribution is 0.102. The van der Waals surface area contributed by atoms with Gasteiger partial charge in [0, 0.05) is 28.4 Å². The summed E-state index contributed by atoms with van der Waals surface area (Å²) in [6, 6.07) is 11.0. The zero-order chi connectivity index (χ0) is 24.7. The van der Waals surface area contributed by atoms with Gasteiger partial charge in [-0.05, 0) is 98.3 Å². The van der Waals surface area contributed by atoms with E-state index in [1.807, 2.05) is 31.2 Å². The average Bonchev–Trinajstić information content (AvgIpc) is 3.43. The lowest BCUT2D eigenvalue weighted by Gasteiger charge is -2.23. The summed E-state index contributed by atoms with van der Waals surface area (Å²) < 4.78 is 15.8. The van der Waals surface area contributed by atoms with Crippen LogP contribution in [0.3, 0.4) is 0 Å². The quantitative estimate of drug-likeness (QED) is 0.382. The molecule has 4 nitrogen and oxygen atoms in total. The van der Waals surface area contributed by atoms with Gasteiger partial charge in [0.15, 0.2) is 5.67 Å². The minimum atomic E-state index is -2.01. The number of hydrogen-bond acceptors (Lipinski definition) is 2. The molecule has 0 atom stereocenters. The first-order valence-electron chi connectivity index (χ1n) is 12.4. The van der Waals surface area contributed by atoms with Crippen molar-refractivity contribution >= 4 is 22.5 Å². The van der Waals surface area contributed by atoms with Crippen LogP contribution in [0, 0.1) is 24.7 Å². The summed E-state index contributed by atoms with van der Waals surface area (Å²) in [5.74, 6) is 1.58. The number of allylic oxidation sites excluding steroid dienone is 2. The summed E-state index contributed by atoms with van der Waals surface area (Å²) in [4.78, 5) is 29.3. The Morgan fingerprint density at radius 3 is 2.49 bits per heavy atom. The highest BCUT2D eigenvalue weighted by Gasteiger charge is 2.41. The van der Waals surface area contributed by atoms with Crippen LogP contribution >= 0.6 is 0 Å². The van der Waals surface area contributed by atoms with Crippen molar-refractivity contribution in [1.82, 2.24) is 4.98 Å². The zero-order valence-electron chi connectivity index (χ0n) is 20.1. The molecular weight excluding hydrogens is 439 g/mol. The maximum absolute atomic E-state index is 15.8. The molecule has 0 saturated heterocycles. The number of amides is 1. The van der Waals surface area contributed by atoms with Crippen molar-refractivity contribution in [1.29, 1.82) is 0 Å². The lowest BCUT2D eigenvalue weighted by atomic mass is 9.87. The van der Waals surface area contributed by atoms with Gasteiger partial charge >= 0.3 is 0 Å². The second-order valence-corrected chi connectivity index (χ2v) is 10.1. The molecule has 5 rings (SSSR count). The fourth-order valence-corrected chi connectivity index (χ4v) is 6.24. The maximum atomic E-state index is 15.8. The van der Waals surface area contributed by atoms with Crippen molar-refractivity contribution in [3.8, 4) is 0 Å². The molecule has 2 aliphatic carbocycles. The summed E-state index contributed by atoms with van der Waals surface area (Å²) in [7, 11) is 0. The van der Waals surface area contributed by atoms with Gasteiger partial charge in [0.25, 0.3) is 5.91 Å². The van der Waals surface area contributed by atoms with E-state index < -0.39 is 11.6 Å². The second kappa shape index (κ2) is 8.95. The maximum Gasteiger partial charge on any atom is 0.261 e. The normalized spacial score (nSPS) is 21.3. The molecule has 2 saturated carbocycles. The third-order valence-electron chi connectivity index (χ3n) is 8.20. The molecule has 0 radical (unpaired) electrons. The van der Waals surface area contributed by atoms with Gasteiger partial charge in [-0.2, -0.15) is 0 Å². The van der Waals surface area contributed by atoms with Crippen LogP contribution in [0.1, 0.15) is 52.7 Å². The van der Waals surface area contributed by atoms with Crippen LogP contribution in [0.5, 0.6) is 0 Å². The van der Waals surface area contributed by atoms with Gasteiger partial charge in [-0.3, -0.25) is 9.59 Å². The first kappa shape index (κ1) is 23.3. The molecule has 2 N–H and O–H groups in total. The monoisotopic (exact) mass is 470 g/mol. The fraction of sp³-hybridized carbons (Fsp3) is 0.333. The number of carbonyl (C=O) groups excluding carboxylic acids is 1. The minimum absolute atomic E-state index is 0.0222. The topological polar surface area (TPSA) is 62.0 Å². The van der Waals surface area contributed by atoms with E-state index in [1.54, 1.807) is 12.1 Å². The van der Waals surface area contributed by atoms with E-state index in [0.717, 1.165) is 29.4 Å². The molecular formula is C30H31FN2O2. The summed E-state index contributed by atoms with van der Waals surface area (Å²) in [5, 5.41) is 3.25. The Morgan fingerprint density at radius 1 is 1.14 bits per heavy atom. The summed E-state index contributed by atoms with van der Waals surface area (Å²) in [6.45, 7) is 9.17. The third kappa shape index (κ3) is 4.03. The van der Waals surface area contributed by atoms with Crippen LogP contribution in [0.2, 0.25) is 0 Å². The lowest BCUT2D eigenvalue weighted by Crippen LogP contribution is -2.25. The van der Waals surface area contributed by atoms with Crippen LogP contribution in [0.4, 0.5) is 10.1 Å². The number of pyridine rings is 1. The highest BCUT2D eigenvalue weighted by molar-refractivity contribution is 6.06. The van der Waals surface area contributed by atoms with Crippen molar-refractivity contribution < 1.29 is 9.18 Å². The zero-order valence-corrected chi connectivity index (χ0v) is 20.1. The predicted molar refractivity (Wildman–Crippen MR) is 140 cm³/mol. The van der Waals surface area contributed by atoms with Crippen LogP contribution in [0.15, 0.2) is 72.7 Å². The number of aryl methyl sites for hydroxylation is 1. The van der Waals surface area contributed by atoms with Crippen LogP contribution in [-0.4, -0.2) is 10.9 Å². The van der Waals surface area contributed by atoms with E-state index in [9.17, 15) is 9.59 Å². The molecule has 2 aromatic carbocycles. The van der Waals surface area contributed by atoms with Crippen molar-refractivity contribution in [3.63, 3.8) is 0 Å². The van der Waals surface area contributed by atoms with E-state index in [-0.39, 0.29) is 16.6 Å². The molecule has 1 aromatic heterocycles. The summed E-state index contributed by atoms with van der Waals surface area (Å²) in [5.41, 5.74) is 0.691. The van der Waals surface area contributed by atoms with Crippen LogP contribution in [-0.2, 0) is 12.1 Å². The molecule has 180 valence electrons. The molecule has 2 fully saturated rings. The number of nitrogens with one attached hydrogen (secondary N) is 2. The summed E-state index contributed by atoms with van der Waals surface area (Å²) >= 11 is 0. The first-order valence-corrected chi connectivity index (χ1v) is 12.4. The van der Waals surface area contributed by atoms with Crippen LogP contribution < -0.4 is 10.7 Å². The number of hydrogen-bond donors (Lipinski definition) is 2. The van der Waals surface area contributed by atoms with Crippen molar-refractivity contribution in [2.24, 2.45) is 17.8 Å². The smallest absolute Gasteiger partial charge is 0.261 e. The molecule has 5 heteroatoms. The highest BCUT2D eigenvalue weighted by atomic mass is 19.1. The van der Waals surface area contributed by atoms with E-state index >= 15 is 4.39 Å². The van der Waals surface area contributed by atoms with E-state index in [4.69, 9.17) is 0 Å². The van der Waals surface area contributed by atoms with E-state index in [0.29, 0.717) is 22.5 Å². The number of alkyl halides is 1. The van der Waals surface area contributed by atoms with Gasteiger partial charge in [-0.15, -0.1) is 0 Å². The fourth-order valence-electron chi connectivity index (χ4n) is 6.24. The largest absolute Gasteiger partial charge is 0.360 e. The second-order valence-electron chi connectivity index (χ2n) is 10.1. The van der Waals surface area contributed by atoms with E-state index in [1.165, 1.54) is 44.0 Å². The number of halogens is 1. The van der Waals surface area contributed by atoms with Crippen molar-refractivity contribution in [2.75, 3.05) is 5.32 Å². The number of benzene rings is 2. The Bertz CT molecular complexity index is 1360. The summed E-state index contributed by atoms with van der Waals surface area (Å²) in [6.07, 6.45) is 9.88. The number of rotatable bonds is 7. The van der Waals surface area contributed by atoms with Crippen molar-refractivity contribution in [2.45, 2.75) is 44.7 Å². The standard InChI is InChI=1S/C30H31FN2O2/c1-4-30(31,5-2)24-16-19(15-22-20-10-11-21(22)13-12-20)9-14-25(24)33-29(35)23-17-32-26-8-6-7-18(3)27(26)28(23)34/h4-9,14,16-17,20-22H,1-2,10-13,15H2,3H3,(H,32,34)(H,33,35). The molecule has 3 aromatic rings. The average molecular weight is 471 g/mol. The number of fused-ring (bicyclic) bond motifs is 3. The van der Waals surface area contributed by atoms with Gasteiger partial charge in [-0.25, -0.2) is 4.39 Å². The first-order chi connectivity index (χ1) is 16.8. The molecule has 0 aliphatic heterocycles. The van der Waals surface area contributed by atoms with Crippen molar-refractivity contribution in [3.05, 3.63) is 100 Å². The van der Waals surface area contributed by atoms with E-state index in [2.05, 4.69) is 23.5 Å². The Hall–Kier alpha value is -3.47. The van der Waals surface area contributed by atoms with Gasteiger partial charge in [0.05, 0.1) is 0 Å². The van der Waals surface area contributed by atoms with Gasteiger partial charge in [0.1, 0.15) is 5.56 Å². The third-order valence-corrected chi connectivity index (χ3v) is 8.20. The van der Waals surface area contributed by atoms with Gasteiger partial charge < -0.3 is 10.3 Å². The number of H-pyrrole nitrogens is 1. The Kier molecular flexibility index (Phi) is 5.96.